The van der Waals surface area contributed by atoms with Crippen LogP contribution in [0.3, 0.4) is 0 Å². The first-order valence-corrected chi connectivity index (χ1v) is 5.38. The molecule has 1 aromatic carbocycles. The van der Waals surface area contributed by atoms with E-state index in [4.69, 9.17) is 11.6 Å². The molecular weight excluding hydrogens is 180 g/mol. The first-order chi connectivity index (χ1) is 6.23. The van der Waals surface area contributed by atoms with E-state index in [0.717, 1.165) is 6.42 Å². The second kappa shape index (κ2) is 4.66. The highest BCUT2D eigenvalue weighted by Gasteiger charge is 2.23. The molecule has 0 fully saturated rings. The Hall–Kier alpha value is -0.490. The second-order valence-electron chi connectivity index (χ2n) is 3.81. The fourth-order valence-electron chi connectivity index (χ4n) is 1.68. The first-order valence-electron chi connectivity index (χ1n) is 4.84. The van der Waals surface area contributed by atoms with Crippen LogP contribution in [0.2, 0.25) is 0 Å². The Morgan fingerprint density at radius 2 is 1.85 bits per heavy atom. The molecule has 0 radical (unpaired) electrons. The molecule has 0 aliphatic rings. The van der Waals surface area contributed by atoms with Crippen molar-refractivity contribution in [3.05, 3.63) is 35.9 Å². The molecule has 0 heterocycles. The average Bonchev–Trinajstić information content (AvgIpc) is 2.19. The van der Waals surface area contributed by atoms with E-state index < -0.39 is 0 Å². The Labute approximate surface area is 85.9 Å². The zero-order valence-corrected chi connectivity index (χ0v) is 9.14. The molecule has 0 saturated carbocycles. The highest BCUT2D eigenvalue weighted by Crippen LogP contribution is 2.29. The smallest absolute Gasteiger partial charge is 0.0317 e. The molecule has 1 aromatic rings. The van der Waals surface area contributed by atoms with E-state index in [1.165, 1.54) is 12.0 Å². The SMILES string of the molecule is CCCC(C)(CCl)c1ccccc1. The van der Waals surface area contributed by atoms with Crippen molar-refractivity contribution < 1.29 is 0 Å². The van der Waals surface area contributed by atoms with Crippen LogP contribution >= 0.6 is 11.6 Å². The molecule has 1 atom stereocenters. The lowest BCUT2D eigenvalue weighted by molar-refractivity contribution is 0.479. The summed E-state index contributed by atoms with van der Waals surface area (Å²) >= 11 is 6.02. The van der Waals surface area contributed by atoms with E-state index in [9.17, 15) is 0 Å². The monoisotopic (exact) mass is 196 g/mol. The van der Waals surface area contributed by atoms with Crippen LogP contribution in [-0.2, 0) is 5.41 Å². The molecule has 0 aromatic heterocycles. The number of rotatable bonds is 4. The highest BCUT2D eigenvalue weighted by molar-refractivity contribution is 6.18. The van der Waals surface area contributed by atoms with Gasteiger partial charge in [-0.3, -0.25) is 0 Å². The fraction of sp³-hybridized carbons (Fsp3) is 0.500. The molecule has 72 valence electrons. The maximum absolute atomic E-state index is 6.02. The van der Waals surface area contributed by atoms with Crippen molar-refractivity contribution in [1.82, 2.24) is 0 Å². The number of alkyl halides is 1. The summed E-state index contributed by atoms with van der Waals surface area (Å²) < 4.78 is 0. The lowest BCUT2D eigenvalue weighted by atomic mass is 9.80. The van der Waals surface area contributed by atoms with Gasteiger partial charge in [-0.1, -0.05) is 50.6 Å². The van der Waals surface area contributed by atoms with Crippen molar-refractivity contribution in [1.29, 1.82) is 0 Å². The summed E-state index contributed by atoms with van der Waals surface area (Å²) in [6.45, 7) is 4.44. The van der Waals surface area contributed by atoms with E-state index in [2.05, 4.69) is 38.1 Å². The maximum Gasteiger partial charge on any atom is 0.0317 e. The van der Waals surface area contributed by atoms with Crippen LogP contribution in [0.15, 0.2) is 30.3 Å². The second-order valence-corrected chi connectivity index (χ2v) is 4.08. The van der Waals surface area contributed by atoms with Crippen LogP contribution in [0.1, 0.15) is 32.3 Å². The summed E-state index contributed by atoms with van der Waals surface area (Å²) in [7, 11) is 0. The Morgan fingerprint density at radius 3 is 2.31 bits per heavy atom. The molecule has 13 heavy (non-hydrogen) atoms. The third-order valence-corrected chi connectivity index (χ3v) is 3.16. The summed E-state index contributed by atoms with van der Waals surface area (Å²) in [5.74, 6) is 0.699. The van der Waals surface area contributed by atoms with Crippen molar-refractivity contribution in [3.63, 3.8) is 0 Å². The van der Waals surface area contributed by atoms with Crippen molar-refractivity contribution in [3.8, 4) is 0 Å². The minimum atomic E-state index is 0.150. The van der Waals surface area contributed by atoms with Gasteiger partial charge in [0, 0.05) is 11.3 Å². The van der Waals surface area contributed by atoms with Crippen LogP contribution in [0.4, 0.5) is 0 Å². The van der Waals surface area contributed by atoms with Gasteiger partial charge < -0.3 is 0 Å². The van der Waals surface area contributed by atoms with Gasteiger partial charge in [0.05, 0.1) is 0 Å². The molecule has 0 amide bonds. The van der Waals surface area contributed by atoms with E-state index in [-0.39, 0.29) is 5.41 Å². The lowest BCUT2D eigenvalue weighted by Gasteiger charge is -2.27. The molecule has 1 unspecified atom stereocenters. The first kappa shape index (κ1) is 10.6. The molecule has 0 saturated heterocycles. The predicted octanol–water partition coefficient (Wildman–Crippen LogP) is 3.98. The van der Waals surface area contributed by atoms with Gasteiger partial charge in [-0.25, -0.2) is 0 Å². The van der Waals surface area contributed by atoms with Gasteiger partial charge in [-0.15, -0.1) is 11.6 Å². The fourth-order valence-corrected chi connectivity index (χ4v) is 1.97. The summed E-state index contributed by atoms with van der Waals surface area (Å²) in [6.07, 6.45) is 2.33. The van der Waals surface area contributed by atoms with Gasteiger partial charge in [-0.2, -0.15) is 0 Å². The lowest BCUT2D eigenvalue weighted by Crippen LogP contribution is -2.23. The van der Waals surface area contributed by atoms with E-state index in [1.807, 2.05) is 6.07 Å². The molecule has 0 aliphatic heterocycles. The largest absolute Gasteiger partial charge is 0.126 e. The van der Waals surface area contributed by atoms with Gasteiger partial charge in [0.2, 0.25) is 0 Å². The maximum atomic E-state index is 6.02. The third kappa shape index (κ3) is 2.47. The number of benzene rings is 1. The van der Waals surface area contributed by atoms with E-state index in [0.29, 0.717) is 5.88 Å². The molecule has 1 heteroatoms. The number of halogens is 1. The third-order valence-electron chi connectivity index (χ3n) is 2.57. The van der Waals surface area contributed by atoms with Crippen LogP contribution < -0.4 is 0 Å². The topological polar surface area (TPSA) is 0 Å². The van der Waals surface area contributed by atoms with Crippen LogP contribution in [0.5, 0.6) is 0 Å². The minimum absolute atomic E-state index is 0.150. The van der Waals surface area contributed by atoms with E-state index in [1.54, 1.807) is 0 Å². The van der Waals surface area contributed by atoms with Crippen LogP contribution in [0, 0.1) is 0 Å². The average molecular weight is 197 g/mol. The normalized spacial score (nSPS) is 15.3. The molecule has 0 bridgehead atoms. The molecule has 0 nitrogen and oxygen atoms in total. The molecular formula is C12H17Cl. The van der Waals surface area contributed by atoms with Gasteiger partial charge in [0.25, 0.3) is 0 Å². The summed E-state index contributed by atoms with van der Waals surface area (Å²) in [5.41, 5.74) is 1.50. The van der Waals surface area contributed by atoms with E-state index >= 15 is 0 Å². The predicted molar refractivity (Wildman–Crippen MR) is 59.4 cm³/mol. The summed E-state index contributed by atoms with van der Waals surface area (Å²) in [4.78, 5) is 0. The number of hydrogen-bond donors (Lipinski definition) is 0. The van der Waals surface area contributed by atoms with Crippen LogP contribution in [-0.4, -0.2) is 5.88 Å². The Balaban J connectivity index is 2.89. The molecule has 0 N–H and O–H groups in total. The Kier molecular flexibility index (Phi) is 3.80. The van der Waals surface area contributed by atoms with Gasteiger partial charge in [-0.05, 0) is 12.0 Å². The van der Waals surface area contributed by atoms with Gasteiger partial charge in [0.1, 0.15) is 0 Å². The van der Waals surface area contributed by atoms with Crippen LogP contribution in [0.25, 0.3) is 0 Å². The zero-order valence-electron chi connectivity index (χ0n) is 8.39. The van der Waals surface area contributed by atoms with Crippen molar-refractivity contribution in [2.75, 3.05) is 5.88 Å². The van der Waals surface area contributed by atoms with Gasteiger partial charge in [0.15, 0.2) is 0 Å². The Morgan fingerprint density at radius 1 is 1.23 bits per heavy atom. The Bertz CT molecular complexity index is 243. The molecule has 0 spiro atoms. The molecule has 0 aliphatic carbocycles. The quantitative estimate of drug-likeness (QED) is 0.639. The van der Waals surface area contributed by atoms with Crippen molar-refractivity contribution in [2.45, 2.75) is 32.1 Å². The van der Waals surface area contributed by atoms with Gasteiger partial charge >= 0.3 is 0 Å². The summed E-state index contributed by atoms with van der Waals surface area (Å²) in [5, 5.41) is 0. The molecule has 1 rings (SSSR count). The summed E-state index contributed by atoms with van der Waals surface area (Å²) in [6, 6.07) is 10.5. The van der Waals surface area contributed by atoms with Crippen molar-refractivity contribution in [2.24, 2.45) is 0 Å². The standard InChI is InChI=1S/C12H17Cl/c1-3-9-12(2,10-13)11-7-5-4-6-8-11/h4-8H,3,9-10H2,1-2H3. The highest BCUT2D eigenvalue weighted by atomic mass is 35.5. The zero-order chi connectivity index (χ0) is 9.73. The van der Waals surface area contributed by atoms with Crippen molar-refractivity contribution >= 4 is 11.6 Å². The number of hydrogen-bond acceptors (Lipinski definition) is 0. The minimum Gasteiger partial charge on any atom is -0.126 e.